The SMILES string of the molecule is Cc1ccc(S(=O)(=O)N2CCCCC2C)cc1C(=O)Nc1cnn(Cc2cn3ccccc3n2)c1. The van der Waals surface area contributed by atoms with Crippen molar-refractivity contribution < 1.29 is 13.2 Å². The molecule has 0 radical (unpaired) electrons. The molecule has 4 heterocycles. The van der Waals surface area contributed by atoms with Gasteiger partial charge in [0.05, 0.1) is 29.0 Å². The van der Waals surface area contributed by atoms with Crippen LogP contribution in [0.1, 0.15) is 47.8 Å². The summed E-state index contributed by atoms with van der Waals surface area (Å²) < 4.78 is 31.7. The van der Waals surface area contributed by atoms with Crippen molar-refractivity contribution in [2.75, 3.05) is 11.9 Å². The van der Waals surface area contributed by atoms with E-state index in [1.807, 2.05) is 41.9 Å². The first kappa shape index (κ1) is 23.3. The minimum absolute atomic E-state index is 0.0499. The summed E-state index contributed by atoms with van der Waals surface area (Å²) in [6.07, 6.45) is 9.89. The van der Waals surface area contributed by atoms with Gasteiger partial charge in [-0.05, 0) is 56.5 Å². The fourth-order valence-electron chi connectivity index (χ4n) is 4.51. The number of anilines is 1. The van der Waals surface area contributed by atoms with Crippen molar-refractivity contribution in [1.82, 2.24) is 23.5 Å². The lowest BCUT2D eigenvalue weighted by atomic mass is 10.1. The van der Waals surface area contributed by atoms with Crippen LogP contribution in [0.3, 0.4) is 0 Å². The van der Waals surface area contributed by atoms with Crippen LogP contribution in [0.15, 0.2) is 66.1 Å². The number of nitrogens with one attached hydrogen (secondary N) is 1. The quantitative estimate of drug-likeness (QED) is 0.442. The predicted octanol–water partition coefficient (Wildman–Crippen LogP) is 3.70. The minimum Gasteiger partial charge on any atom is -0.319 e. The molecule has 0 aliphatic carbocycles. The summed E-state index contributed by atoms with van der Waals surface area (Å²) in [5, 5.41) is 7.17. The number of amides is 1. The van der Waals surface area contributed by atoms with Crippen LogP contribution in [0.25, 0.3) is 5.65 Å². The third-order valence-corrected chi connectivity index (χ3v) is 8.44. The molecule has 1 amide bonds. The molecular formula is C25H28N6O3S. The molecule has 10 heteroatoms. The van der Waals surface area contributed by atoms with E-state index in [4.69, 9.17) is 0 Å². The van der Waals surface area contributed by atoms with Gasteiger partial charge < -0.3 is 9.72 Å². The van der Waals surface area contributed by atoms with Crippen LogP contribution < -0.4 is 5.32 Å². The van der Waals surface area contributed by atoms with Crippen LogP contribution in [0.5, 0.6) is 0 Å². The maximum absolute atomic E-state index is 13.3. The molecule has 4 aromatic rings. The number of hydrogen-bond acceptors (Lipinski definition) is 5. The second-order valence-corrected chi connectivity index (χ2v) is 10.9. The number of nitrogens with zero attached hydrogens (tertiary/aromatic N) is 5. The maximum Gasteiger partial charge on any atom is 0.256 e. The predicted molar refractivity (Wildman–Crippen MR) is 133 cm³/mol. The first-order chi connectivity index (χ1) is 16.8. The number of pyridine rings is 1. The average molecular weight is 493 g/mol. The van der Waals surface area contributed by atoms with E-state index in [1.54, 1.807) is 40.4 Å². The molecule has 35 heavy (non-hydrogen) atoms. The molecule has 1 saturated heterocycles. The van der Waals surface area contributed by atoms with Gasteiger partial charge in [-0.3, -0.25) is 9.48 Å². The van der Waals surface area contributed by atoms with Crippen molar-refractivity contribution in [3.63, 3.8) is 0 Å². The van der Waals surface area contributed by atoms with Gasteiger partial charge in [-0.2, -0.15) is 9.40 Å². The Kier molecular flexibility index (Phi) is 6.16. The van der Waals surface area contributed by atoms with E-state index < -0.39 is 10.0 Å². The lowest BCUT2D eigenvalue weighted by Gasteiger charge is -2.32. The van der Waals surface area contributed by atoms with Gasteiger partial charge >= 0.3 is 0 Å². The molecule has 3 aromatic heterocycles. The Hall–Kier alpha value is -3.50. The van der Waals surface area contributed by atoms with Gasteiger partial charge in [-0.25, -0.2) is 13.4 Å². The van der Waals surface area contributed by atoms with Crippen LogP contribution in [-0.4, -0.2) is 50.4 Å². The molecule has 1 unspecified atom stereocenters. The normalized spacial score (nSPS) is 17.0. The second-order valence-electron chi connectivity index (χ2n) is 9.02. The van der Waals surface area contributed by atoms with Gasteiger partial charge in [0.2, 0.25) is 10.0 Å². The third kappa shape index (κ3) is 4.71. The standard InChI is InChI=1S/C25H28N6O3S/c1-18-9-10-22(35(33,34)31-12-6-3-7-19(31)2)13-23(18)25(32)28-20-14-26-30(16-20)17-21-15-29-11-5-4-8-24(29)27-21/h4-5,8-11,13-16,19H,3,6-7,12,17H2,1-2H3,(H,28,32). The average Bonchev–Trinajstić information content (AvgIpc) is 3.45. The number of carbonyl (C=O) groups excluding carboxylic acids is 1. The number of piperidine rings is 1. The Morgan fingerprint density at radius 3 is 2.83 bits per heavy atom. The summed E-state index contributed by atoms with van der Waals surface area (Å²) in [6.45, 7) is 4.69. The second kappa shape index (κ2) is 9.27. The molecule has 1 aliphatic heterocycles. The Morgan fingerprint density at radius 2 is 2.03 bits per heavy atom. The Morgan fingerprint density at radius 1 is 1.17 bits per heavy atom. The highest BCUT2D eigenvalue weighted by Crippen LogP contribution is 2.26. The van der Waals surface area contributed by atoms with Gasteiger partial charge in [-0.15, -0.1) is 0 Å². The maximum atomic E-state index is 13.3. The van der Waals surface area contributed by atoms with Gasteiger partial charge in [0.1, 0.15) is 5.65 Å². The molecule has 5 rings (SSSR count). The van der Waals surface area contributed by atoms with Crippen molar-refractivity contribution in [1.29, 1.82) is 0 Å². The van der Waals surface area contributed by atoms with Crippen molar-refractivity contribution in [3.8, 4) is 0 Å². The first-order valence-electron chi connectivity index (χ1n) is 11.7. The van der Waals surface area contributed by atoms with E-state index in [9.17, 15) is 13.2 Å². The van der Waals surface area contributed by atoms with Gasteiger partial charge in [0.15, 0.2) is 0 Å². The number of aryl methyl sites for hydroxylation is 1. The fraction of sp³-hybridized carbons (Fsp3) is 0.320. The zero-order chi connectivity index (χ0) is 24.6. The molecule has 0 saturated carbocycles. The number of fused-ring (bicyclic) bond motifs is 1. The molecule has 0 spiro atoms. The number of aromatic nitrogens is 4. The van der Waals surface area contributed by atoms with Gasteiger partial charge in [0, 0.05) is 36.7 Å². The molecule has 1 atom stereocenters. The molecular weight excluding hydrogens is 464 g/mol. The Labute approximate surface area is 204 Å². The van der Waals surface area contributed by atoms with E-state index >= 15 is 0 Å². The summed E-state index contributed by atoms with van der Waals surface area (Å²) in [6, 6.07) is 10.5. The zero-order valence-corrected chi connectivity index (χ0v) is 20.6. The van der Waals surface area contributed by atoms with Gasteiger partial charge in [0.25, 0.3) is 5.91 Å². The topological polar surface area (TPSA) is 102 Å². The lowest BCUT2D eigenvalue weighted by Crippen LogP contribution is -2.42. The molecule has 182 valence electrons. The molecule has 1 aliphatic rings. The van der Waals surface area contributed by atoms with E-state index in [0.29, 0.717) is 29.9 Å². The fourth-order valence-corrected chi connectivity index (χ4v) is 6.24. The number of benzene rings is 1. The number of carbonyl (C=O) groups is 1. The molecule has 1 aromatic carbocycles. The van der Waals surface area contributed by atoms with Crippen LogP contribution in [0.4, 0.5) is 5.69 Å². The zero-order valence-electron chi connectivity index (χ0n) is 19.8. The highest BCUT2D eigenvalue weighted by molar-refractivity contribution is 7.89. The summed E-state index contributed by atoms with van der Waals surface area (Å²) in [4.78, 5) is 17.8. The van der Waals surface area contributed by atoms with E-state index in [-0.39, 0.29) is 16.8 Å². The van der Waals surface area contributed by atoms with Gasteiger partial charge in [-0.1, -0.05) is 18.6 Å². The lowest BCUT2D eigenvalue weighted by molar-refractivity contribution is 0.102. The third-order valence-electron chi connectivity index (χ3n) is 6.43. The van der Waals surface area contributed by atoms with Crippen LogP contribution in [-0.2, 0) is 16.6 Å². The molecule has 0 bridgehead atoms. The Bertz CT molecular complexity index is 1460. The number of hydrogen-bond donors (Lipinski definition) is 1. The minimum atomic E-state index is -3.67. The Balaban J connectivity index is 1.32. The van der Waals surface area contributed by atoms with E-state index in [1.165, 1.54) is 6.07 Å². The molecule has 1 N–H and O–H groups in total. The number of imidazole rings is 1. The number of sulfonamides is 1. The summed E-state index contributed by atoms with van der Waals surface area (Å²) >= 11 is 0. The van der Waals surface area contributed by atoms with Crippen LogP contribution >= 0.6 is 0 Å². The molecule has 1 fully saturated rings. The molecule has 9 nitrogen and oxygen atoms in total. The van der Waals surface area contributed by atoms with Crippen LogP contribution in [0.2, 0.25) is 0 Å². The summed E-state index contributed by atoms with van der Waals surface area (Å²) in [5.74, 6) is -0.376. The van der Waals surface area contributed by atoms with Crippen molar-refractivity contribution in [2.45, 2.75) is 50.6 Å². The number of rotatable bonds is 6. The first-order valence-corrected chi connectivity index (χ1v) is 13.1. The smallest absolute Gasteiger partial charge is 0.256 e. The highest BCUT2D eigenvalue weighted by Gasteiger charge is 2.31. The van der Waals surface area contributed by atoms with Crippen LogP contribution in [0, 0.1) is 6.92 Å². The van der Waals surface area contributed by atoms with E-state index in [0.717, 1.165) is 30.6 Å². The van der Waals surface area contributed by atoms with Crippen molar-refractivity contribution in [3.05, 3.63) is 78.0 Å². The van der Waals surface area contributed by atoms with Crippen molar-refractivity contribution >= 4 is 27.3 Å². The summed E-state index contributed by atoms with van der Waals surface area (Å²) in [7, 11) is -3.67. The van der Waals surface area contributed by atoms with Crippen molar-refractivity contribution in [2.24, 2.45) is 0 Å². The van der Waals surface area contributed by atoms with E-state index in [2.05, 4.69) is 15.4 Å². The monoisotopic (exact) mass is 492 g/mol. The highest BCUT2D eigenvalue weighted by atomic mass is 32.2. The summed E-state index contributed by atoms with van der Waals surface area (Å²) in [5.41, 5.74) is 3.25. The largest absolute Gasteiger partial charge is 0.319 e.